The molecule has 6 nitrogen and oxygen atoms in total. The van der Waals surface area contributed by atoms with Crippen molar-refractivity contribution in [1.82, 2.24) is 5.06 Å². The maximum absolute atomic E-state index is 10.1. The third kappa shape index (κ3) is 2.92. The molecule has 1 aliphatic rings. The monoisotopic (exact) mass is 191 g/mol. The van der Waals surface area contributed by atoms with E-state index in [0.717, 1.165) is 5.06 Å². The van der Waals surface area contributed by atoms with Gasteiger partial charge in [-0.3, -0.25) is 9.63 Å². The van der Waals surface area contributed by atoms with E-state index in [0.29, 0.717) is 12.8 Å². The molecule has 0 bridgehead atoms. The summed E-state index contributed by atoms with van der Waals surface area (Å²) in [5.41, 5.74) is 0. The van der Waals surface area contributed by atoms with E-state index in [4.69, 9.17) is 9.94 Å². The highest BCUT2D eigenvalue weighted by atomic mass is 16.7. The van der Waals surface area contributed by atoms with Crippen LogP contribution in [-0.2, 0) is 9.63 Å². The molecule has 0 aliphatic carbocycles. The van der Waals surface area contributed by atoms with Gasteiger partial charge in [0, 0.05) is 0 Å². The predicted molar refractivity (Wildman–Crippen MR) is 41.3 cm³/mol. The maximum atomic E-state index is 10.1. The molecule has 0 amide bonds. The number of carboxylic acids is 1. The van der Waals surface area contributed by atoms with Crippen molar-refractivity contribution in [3.63, 3.8) is 0 Å². The molecular weight excluding hydrogens is 178 g/mol. The van der Waals surface area contributed by atoms with Crippen molar-refractivity contribution >= 4 is 5.97 Å². The third-order valence-electron chi connectivity index (χ3n) is 1.83. The van der Waals surface area contributed by atoms with Crippen LogP contribution >= 0.6 is 0 Å². The molecule has 0 spiro atoms. The van der Waals surface area contributed by atoms with E-state index in [-0.39, 0.29) is 13.0 Å². The SMILES string of the molecule is O=C(O)CCON1C(O)CCC1O. The van der Waals surface area contributed by atoms with Crippen LogP contribution in [0, 0.1) is 0 Å². The molecule has 0 radical (unpaired) electrons. The van der Waals surface area contributed by atoms with Crippen LogP contribution in [0.5, 0.6) is 0 Å². The third-order valence-corrected chi connectivity index (χ3v) is 1.83. The highest BCUT2D eigenvalue weighted by Gasteiger charge is 2.31. The van der Waals surface area contributed by atoms with Crippen molar-refractivity contribution in [2.24, 2.45) is 0 Å². The lowest BCUT2D eigenvalue weighted by Crippen LogP contribution is -2.36. The fourth-order valence-corrected chi connectivity index (χ4v) is 1.16. The van der Waals surface area contributed by atoms with Gasteiger partial charge in [-0.1, -0.05) is 0 Å². The number of carbonyl (C=O) groups is 1. The minimum atomic E-state index is -0.969. The Morgan fingerprint density at radius 2 is 1.92 bits per heavy atom. The molecule has 0 aromatic heterocycles. The molecule has 76 valence electrons. The number of aliphatic hydroxyl groups is 2. The fraction of sp³-hybridized carbons (Fsp3) is 0.857. The lowest BCUT2D eigenvalue weighted by molar-refractivity contribution is -0.275. The first kappa shape index (κ1) is 10.4. The predicted octanol–water partition coefficient (Wildman–Crippen LogP) is -0.875. The largest absolute Gasteiger partial charge is 0.481 e. The Kier molecular flexibility index (Phi) is 3.61. The van der Waals surface area contributed by atoms with E-state index in [1.165, 1.54) is 0 Å². The number of aliphatic hydroxyl groups excluding tert-OH is 2. The van der Waals surface area contributed by atoms with Gasteiger partial charge in [0.1, 0.15) is 12.5 Å². The zero-order chi connectivity index (χ0) is 9.84. The van der Waals surface area contributed by atoms with Crippen LogP contribution in [0.3, 0.4) is 0 Å². The maximum Gasteiger partial charge on any atom is 0.305 e. The standard InChI is InChI=1S/C7H13NO5/c9-5-1-2-6(10)8(5)13-4-3-7(11)12/h5-6,9-10H,1-4H2,(H,11,12). The van der Waals surface area contributed by atoms with Gasteiger partial charge in [-0.05, 0) is 12.8 Å². The molecule has 1 saturated heterocycles. The van der Waals surface area contributed by atoms with Crippen LogP contribution < -0.4 is 0 Å². The Bertz CT molecular complexity index is 176. The molecule has 2 atom stereocenters. The molecule has 1 fully saturated rings. The van der Waals surface area contributed by atoms with Crippen LogP contribution in [0.2, 0.25) is 0 Å². The molecule has 0 aromatic rings. The average Bonchev–Trinajstić information content (AvgIpc) is 2.34. The highest BCUT2D eigenvalue weighted by Crippen LogP contribution is 2.20. The van der Waals surface area contributed by atoms with Gasteiger partial charge in [-0.15, -0.1) is 5.06 Å². The Hall–Kier alpha value is -0.690. The van der Waals surface area contributed by atoms with Crippen LogP contribution in [0.25, 0.3) is 0 Å². The Morgan fingerprint density at radius 1 is 1.38 bits per heavy atom. The first-order valence-corrected chi connectivity index (χ1v) is 4.10. The van der Waals surface area contributed by atoms with E-state index >= 15 is 0 Å². The van der Waals surface area contributed by atoms with Crippen molar-refractivity contribution < 1.29 is 25.0 Å². The van der Waals surface area contributed by atoms with E-state index < -0.39 is 18.4 Å². The minimum absolute atomic E-state index is 0.0382. The normalized spacial score (nSPS) is 29.4. The lowest BCUT2D eigenvalue weighted by atomic mass is 10.3. The molecule has 13 heavy (non-hydrogen) atoms. The Balaban J connectivity index is 2.23. The summed E-state index contributed by atoms with van der Waals surface area (Å²) >= 11 is 0. The molecule has 3 N–H and O–H groups in total. The van der Waals surface area contributed by atoms with Crippen LogP contribution in [0.15, 0.2) is 0 Å². The van der Waals surface area contributed by atoms with E-state index in [1.807, 2.05) is 0 Å². The van der Waals surface area contributed by atoms with Gasteiger partial charge < -0.3 is 15.3 Å². The van der Waals surface area contributed by atoms with Crippen molar-refractivity contribution in [2.45, 2.75) is 31.7 Å². The zero-order valence-electron chi connectivity index (χ0n) is 7.09. The molecule has 0 aromatic carbocycles. The number of nitrogens with zero attached hydrogens (tertiary/aromatic N) is 1. The second-order valence-corrected chi connectivity index (χ2v) is 2.88. The van der Waals surface area contributed by atoms with Gasteiger partial charge in [0.2, 0.25) is 0 Å². The summed E-state index contributed by atoms with van der Waals surface area (Å²) in [6.45, 7) is -0.0382. The van der Waals surface area contributed by atoms with Crippen molar-refractivity contribution in [1.29, 1.82) is 0 Å². The van der Waals surface area contributed by atoms with Crippen molar-refractivity contribution in [3.8, 4) is 0 Å². The summed E-state index contributed by atoms with van der Waals surface area (Å²) in [6.07, 6.45) is -0.925. The van der Waals surface area contributed by atoms with Gasteiger partial charge in [0.25, 0.3) is 0 Å². The summed E-state index contributed by atoms with van der Waals surface area (Å²) in [5.74, 6) is -0.969. The smallest absolute Gasteiger partial charge is 0.305 e. The molecule has 1 rings (SSSR count). The van der Waals surface area contributed by atoms with Crippen molar-refractivity contribution in [3.05, 3.63) is 0 Å². The molecule has 1 aliphatic heterocycles. The summed E-state index contributed by atoms with van der Waals surface area (Å²) in [4.78, 5) is 15.0. The zero-order valence-corrected chi connectivity index (χ0v) is 7.09. The molecule has 1 heterocycles. The quantitative estimate of drug-likeness (QED) is 0.535. The summed E-state index contributed by atoms with van der Waals surface area (Å²) in [5, 5.41) is 27.8. The van der Waals surface area contributed by atoms with Crippen LogP contribution in [0.4, 0.5) is 0 Å². The van der Waals surface area contributed by atoms with Gasteiger partial charge >= 0.3 is 5.97 Å². The first-order valence-electron chi connectivity index (χ1n) is 4.10. The summed E-state index contributed by atoms with van der Waals surface area (Å²) in [6, 6.07) is 0. The van der Waals surface area contributed by atoms with Crippen molar-refractivity contribution in [2.75, 3.05) is 6.61 Å². The molecular formula is C7H13NO5. The second-order valence-electron chi connectivity index (χ2n) is 2.88. The molecule has 6 heteroatoms. The summed E-state index contributed by atoms with van der Waals surface area (Å²) in [7, 11) is 0. The number of hydrogen-bond acceptors (Lipinski definition) is 5. The average molecular weight is 191 g/mol. The molecule has 0 saturated carbocycles. The first-order chi connectivity index (χ1) is 6.11. The van der Waals surface area contributed by atoms with Gasteiger partial charge in [0.15, 0.2) is 0 Å². The number of carboxylic acid groups (broad SMARTS) is 1. The van der Waals surface area contributed by atoms with E-state index in [9.17, 15) is 15.0 Å². The lowest BCUT2D eigenvalue weighted by Gasteiger charge is -2.22. The van der Waals surface area contributed by atoms with Gasteiger partial charge in [0.05, 0.1) is 13.0 Å². The number of aliphatic carboxylic acids is 1. The highest BCUT2D eigenvalue weighted by molar-refractivity contribution is 5.66. The van der Waals surface area contributed by atoms with Gasteiger partial charge in [-0.25, -0.2) is 0 Å². The second kappa shape index (κ2) is 4.52. The number of rotatable bonds is 4. The Labute approximate surface area is 75.3 Å². The minimum Gasteiger partial charge on any atom is -0.481 e. The number of hydrogen-bond donors (Lipinski definition) is 3. The number of hydroxylamine groups is 2. The van der Waals surface area contributed by atoms with E-state index in [2.05, 4.69) is 0 Å². The van der Waals surface area contributed by atoms with E-state index in [1.54, 1.807) is 0 Å². The Morgan fingerprint density at radius 3 is 2.38 bits per heavy atom. The van der Waals surface area contributed by atoms with Crippen LogP contribution in [0.1, 0.15) is 19.3 Å². The fourth-order valence-electron chi connectivity index (χ4n) is 1.16. The molecule has 2 unspecified atom stereocenters. The topological polar surface area (TPSA) is 90.2 Å². The van der Waals surface area contributed by atoms with Crippen LogP contribution in [-0.4, -0.2) is 45.4 Å². The summed E-state index contributed by atoms with van der Waals surface area (Å²) < 4.78 is 0. The van der Waals surface area contributed by atoms with Gasteiger partial charge in [-0.2, -0.15) is 0 Å².